The van der Waals surface area contributed by atoms with Gasteiger partial charge in [-0.2, -0.15) is 0 Å². The SMILES string of the molecule is Cl.Cl.OC(COCCOc1ccc(Br)cc1)CN1CCN(Cc2ccc(Cl)cc2)CC1. The molecule has 31 heavy (non-hydrogen) atoms. The van der Waals surface area contributed by atoms with E-state index in [-0.39, 0.29) is 24.8 Å². The minimum absolute atomic E-state index is 0. The Kier molecular flexibility index (Phi) is 14.0. The first-order valence-electron chi connectivity index (χ1n) is 9.92. The zero-order chi connectivity index (χ0) is 20.5. The molecule has 0 amide bonds. The molecule has 2 aromatic carbocycles. The van der Waals surface area contributed by atoms with Crippen LogP contribution in [0.5, 0.6) is 5.75 Å². The molecule has 174 valence electrons. The van der Waals surface area contributed by atoms with Gasteiger partial charge in [0.2, 0.25) is 0 Å². The lowest BCUT2D eigenvalue weighted by molar-refractivity contribution is -0.000436. The van der Waals surface area contributed by atoms with Crippen LogP contribution in [-0.2, 0) is 11.3 Å². The molecule has 1 unspecified atom stereocenters. The Morgan fingerprint density at radius 3 is 2.16 bits per heavy atom. The second-order valence-corrected chi connectivity index (χ2v) is 8.59. The maximum Gasteiger partial charge on any atom is 0.119 e. The second-order valence-electron chi connectivity index (χ2n) is 7.23. The largest absolute Gasteiger partial charge is 0.491 e. The van der Waals surface area contributed by atoms with Crippen molar-refractivity contribution in [1.82, 2.24) is 9.80 Å². The number of piperazine rings is 1. The molecule has 9 heteroatoms. The second kappa shape index (κ2) is 15.3. The van der Waals surface area contributed by atoms with E-state index in [1.165, 1.54) is 5.56 Å². The number of halogens is 4. The summed E-state index contributed by atoms with van der Waals surface area (Å²) in [5, 5.41) is 11.0. The van der Waals surface area contributed by atoms with Crippen molar-refractivity contribution in [1.29, 1.82) is 0 Å². The Morgan fingerprint density at radius 1 is 0.903 bits per heavy atom. The van der Waals surface area contributed by atoms with Gasteiger partial charge in [0.1, 0.15) is 12.4 Å². The van der Waals surface area contributed by atoms with Crippen molar-refractivity contribution in [3.63, 3.8) is 0 Å². The van der Waals surface area contributed by atoms with Crippen LogP contribution in [0.25, 0.3) is 0 Å². The van der Waals surface area contributed by atoms with E-state index < -0.39 is 6.10 Å². The van der Waals surface area contributed by atoms with E-state index in [2.05, 4.69) is 37.9 Å². The maximum atomic E-state index is 10.2. The molecule has 0 saturated carbocycles. The van der Waals surface area contributed by atoms with Crippen molar-refractivity contribution in [2.45, 2.75) is 12.6 Å². The fraction of sp³-hybridized carbons (Fsp3) is 0.455. The van der Waals surface area contributed by atoms with Crippen molar-refractivity contribution in [2.75, 3.05) is 52.5 Å². The van der Waals surface area contributed by atoms with E-state index in [1.54, 1.807) is 0 Å². The average Bonchev–Trinajstić information content (AvgIpc) is 2.72. The van der Waals surface area contributed by atoms with E-state index in [0.29, 0.717) is 26.4 Å². The first-order chi connectivity index (χ1) is 14.1. The van der Waals surface area contributed by atoms with E-state index in [0.717, 1.165) is 48.0 Å². The van der Waals surface area contributed by atoms with Gasteiger partial charge in [0.15, 0.2) is 0 Å². The van der Waals surface area contributed by atoms with E-state index in [4.69, 9.17) is 21.1 Å². The minimum Gasteiger partial charge on any atom is -0.491 e. The Hall–Kier alpha value is -0.570. The minimum atomic E-state index is -0.481. The van der Waals surface area contributed by atoms with Crippen LogP contribution in [0.15, 0.2) is 53.0 Å². The topological polar surface area (TPSA) is 45.2 Å². The summed E-state index contributed by atoms with van der Waals surface area (Å²) in [7, 11) is 0. The number of nitrogens with zero attached hydrogens (tertiary/aromatic N) is 2. The molecule has 3 rings (SSSR count). The van der Waals surface area contributed by atoms with Crippen LogP contribution in [0.3, 0.4) is 0 Å². The average molecular weight is 557 g/mol. The van der Waals surface area contributed by atoms with Crippen molar-refractivity contribution in [3.8, 4) is 5.75 Å². The number of β-amino-alcohol motifs (C(OH)–C–C–N with tert-alkyl or cyclic N) is 1. The number of hydrogen-bond acceptors (Lipinski definition) is 5. The number of aliphatic hydroxyl groups is 1. The molecular formula is C22H30BrCl3N2O3. The molecule has 0 aliphatic carbocycles. The lowest BCUT2D eigenvalue weighted by atomic mass is 10.2. The first-order valence-corrected chi connectivity index (χ1v) is 11.1. The van der Waals surface area contributed by atoms with Crippen LogP contribution in [0.2, 0.25) is 5.02 Å². The molecule has 1 atom stereocenters. The fourth-order valence-electron chi connectivity index (χ4n) is 3.30. The Bertz CT molecular complexity index is 730. The summed E-state index contributed by atoms with van der Waals surface area (Å²) in [6.45, 7) is 6.74. The lowest BCUT2D eigenvalue weighted by Crippen LogP contribution is -2.48. The van der Waals surface area contributed by atoms with Gasteiger partial charge in [0.25, 0.3) is 0 Å². The van der Waals surface area contributed by atoms with Gasteiger partial charge in [-0.05, 0) is 42.0 Å². The van der Waals surface area contributed by atoms with Gasteiger partial charge in [0, 0.05) is 48.8 Å². The molecule has 0 bridgehead atoms. The lowest BCUT2D eigenvalue weighted by Gasteiger charge is -2.35. The zero-order valence-electron chi connectivity index (χ0n) is 17.3. The highest BCUT2D eigenvalue weighted by Crippen LogP contribution is 2.16. The zero-order valence-corrected chi connectivity index (χ0v) is 21.3. The van der Waals surface area contributed by atoms with Gasteiger partial charge in [0.05, 0.1) is 19.3 Å². The number of rotatable bonds is 10. The van der Waals surface area contributed by atoms with Crippen LogP contribution in [0.1, 0.15) is 5.56 Å². The van der Waals surface area contributed by atoms with Crippen LogP contribution >= 0.6 is 52.3 Å². The first kappa shape index (κ1) is 28.5. The predicted octanol–water partition coefficient (Wildman–Crippen LogP) is 4.52. The molecule has 1 aliphatic rings. The molecule has 0 radical (unpaired) electrons. The van der Waals surface area contributed by atoms with Gasteiger partial charge in [-0.15, -0.1) is 24.8 Å². The molecule has 2 aromatic rings. The van der Waals surface area contributed by atoms with E-state index in [1.807, 2.05) is 36.4 Å². The molecule has 0 spiro atoms. The number of hydrogen-bond donors (Lipinski definition) is 1. The van der Waals surface area contributed by atoms with Gasteiger partial charge in [-0.3, -0.25) is 9.80 Å². The summed E-state index contributed by atoms with van der Waals surface area (Å²) < 4.78 is 12.2. The van der Waals surface area contributed by atoms with E-state index >= 15 is 0 Å². The van der Waals surface area contributed by atoms with Gasteiger partial charge in [-0.25, -0.2) is 0 Å². The standard InChI is InChI=1S/C22H28BrClN2O3.2ClH/c23-19-3-7-22(8-4-19)29-14-13-28-17-21(27)16-26-11-9-25(10-12-26)15-18-1-5-20(24)6-2-18;;/h1-8,21,27H,9-17H2;2*1H. The molecular weight excluding hydrogens is 527 g/mol. The van der Waals surface area contributed by atoms with Crippen LogP contribution < -0.4 is 4.74 Å². The van der Waals surface area contributed by atoms with Crippen LogP contribution in [-0.4, -0.2) is 73.6 Å². The maximum absolute atomic E-state index is 10.2. The Balaban J connectivity index is 0.00000240. The summed E-state index contributed by atoms with van der Waals surface area (Å²) in [6, 6.07) is 15.7. The third-order valence-electron chi connectivity index (χ3n) is 4.87. The third kappa shape index (κ3) is 10.7. The smallest absolute Gasteiger partial charge is 0.119 e. The third-order valence-corrected chi connectivity index (χ3v) is 5.65. The van der Waals surface area contributed by atoms with Gasteiger partial charge < -0.3 is 14.6 Å². The van der Waals surface area contributed by atoms with Crippen LogP contribution in [0.4, 0.5) is 0 Å². The molecule has 1 aliphatic heterocycles. The van der Waals surface area contributed by atoms with Crippen molar-refractivity contribution in [3.05, 3.63) is 63.6 Å². The molecule has 5 nitrogen and oxygen atoms in total. The number of ether oxygens (including phenoxy) is 2. The molecule has 1 fully saturated rings. The highest BCUT2D eigenvalue weighted by molar-refractivity contribution is 9.10. The number of aliphatic hydroxyl groups excluding tert-OH is 1. The van der Waals surface area contributed by atoms with Gasteiger partial charge in [-0.1, -0.05) is 39.7 Å². The summed E-state index contributed by atoms with van der Waals surface area (Å²) in [6.07, 6.45) is -0.481. The van der Waals surface area contributed by atoms with Crippen molar-refractivity contribution >= 4 is 52.3 Å². The molecule has 1 saturated heterocycles. The fourth-order valence-corrected chi connectivity index (χ4v) is 3.69. The number of benzene rings is 2. The predicted molar refractivity (Wildman–Crippen MR) is 134 cm³/mol. The Morgan fingerprint density at radius 2 is 1.52 bits per heavy atom. The summed E-state index contributed by atoms with van der Waals surface area (Å²) in [5.74, 6) is 0.814. The van der Waals surface area contributed by atoms with Crippen LogP contribution in [0, 0.1) is 0 Å². The summed E-state index contributed by atoms with van der Waals surface area (Å²) in [5.41, 5.74) is 1.28. The Labute approximate surface area is 210 Å². The highest BCUT2D eigenvalue weighted by Gasteiger charge is 2.19. The highest BCUT2D eigenvalue weighted by atomic mass is 79.9. The normalized spacial score (nSPS) is 15.6. The van der Waals surface area contributed by atoms with E-state index in [9.17, 15) is 5.11 Å². The molecule has 0 aromatic heterocycles. The summed E-state index contributed by atoms with van der Waals surface area (Å²) >= 11 is 9.34. The monoisotopic (exact) mass is 554 g/mol. The molecule has 1 heterocycles. The quantitative estimate of drug-likeness (QED) is 0.436. The van der Waals surface area contributed by atoms with Crippen molar-refractivity contribution in [2.24, 2.45) is 0 Å². The molecule has 1 N–H and O–H groups in total. The van der Waals surface area contributed by atoms with Gasteiger partial charge >= 0.3 is 0 Å². The summed E-state index contributed by atoms with van der Waals surface area (Å²) in [4.78, 5) is 4.73. The van der Waals surface area contributed by atoms with Crippen molar-refractivity contribution < 1.29 is 14.6 Å².